The van der Waals surface area contributed by atoms with Crippen molar-refractivity contribution in [3.63, 3.8) is 0 Å². The average Bonchev–Trinajstić information content (AvgIpc) is 2.94. The minimum absolute atomic E-state index is 0.305. The number of fused-ring (bicyclic) bond motifs is 1. The minimum atomic E-state index is -0.855. The SMILES string of the molecule is Cc1c(C(=O)NN)c2ccccc2n1C(=O)C(C)Oc1ccc(Cl)cc1Cl. The Morgan fingerprint density at radius 1 is 1.19 bits per heavy atom. The van der Waals surface area contributed by atoms with E-state index >= 15 is 0 Å². The molecule has 0 saturated carbocycles. The summed E-state index contributed by atoms with van der Waals surface area (Å²) in [5.41, 5.74) is 3.54. The van der Waals surface area contributed by atoms with E-state index in [9.17, 15) is 9.59 Å². The van der Waals surface area contributed by atoms with Crippen LogP contribution in [0.4, 0.5) is 0 Å². The van der Waals surface area contributed by atoms with Crippen molar-refractivity contribution in [1.29, 1.82) is 0 Å². The average molecular weight is 406 g/mol. The number of hydrogen-bond donors (Lipinski definition) is 2. The van der Waals surface area contributed by atoms with Crippen LogP contribution in [0.3, 0.4) is 0 Å². The molecular weight excluding hydrogens is 389 g/mol. The van der Waals surface area contributed by atoms with Gasteiger partial charge in [-0.3, -0.25) is 19.6 Å². The van der Waals surface area contributed by atoms with Crippen molar-refractivity contribution < 1.29 is 14.3 Å². The fourth-order valence-electron chi connectivity index (χ4n) is 3.00. The Hall–Kier alpha value is -2.54. The first kappa shape index (κ1) is 19.2. The van der Waals surface area contributed by atoms with Crippen LogP contribution >= 0.6 is 23.2 Å². The van der Waals surface area contributed by atoms with E-state index in [0.29, 0.717) is 38.0 Å². The van der Waals surface area contributed by atoms with E-state index < -0.39 is 12.0 Å². The van der Waals surface area contributed by atoms with Gasteiger partial charge in [-0.2, -0.15) is 0 Å². The van der Waals surface area contributed by atoms with E-state index in [1.54, 1.807) is 50.2 Å². The summed E-state index contributed by atoms with van der Waals surface area (Å²) in [6.07, 6.45) is -0.855. The zero-order valence-electron chi connectivity index (χ0n) is 14.6. The molecule has 6 nitrogen and oxygen atoms in total. The second-order valence-electron chi connectivity index (χ2n) is 5.96. The van der Waals surface area contributed by atoms with Gasteiger partial charge < -0.3 is 4.74 Å². The van der Waals surface area contributed by atoms with Gasteiger partial charge in [-0.15, -0.1) is 0 Å². The molecule has 0 spiro atoms. The molecule has 2 aromatic carbocycles. The highest BCUT2D eigenvalue weighted by molar-refractivity contribution is 6.35. The fraction of sp³-hybridized carbons (Fsp3) is 0.158. The Morgan fingerprint density at radius 2 is 1.89 bits per heavy atom. The molecule has 0 bridgehead atoms. The molecule has 27 heavy (non-hydrogen) atoms. The summed E-state index contributed by atoms with van der Waals surface area (Å²) in [5.74, 6) is 4.83. The molecule has 1 unspecified atom stereocenters. The Kier molecular flexibility index (Phi) is 5.41. The number of halogens is 2. The topological polar surface area (TPSA) is 86.4 Å². The van der Waals surface area contributed by atoms with Gasteiger partial charge in [0.15, 0.2) is 6.10 Å². The summed E-state index contributed by atoms with van der Waals surface area (Å²) in [5, 5.41) is 1.40. The Labute approximate surface area is 165 Å². The predicted molar refractivity (Wildman–Crippen MR) is 106 cm³/mol. The van der Waals surface area contributed by atoms with E-state index in [1.165, 1.54) is 10.6 Å². The number of ether oxygens (including phenoxy) is 1. The summed E-state index contributed by atoms with van der Waals surface area (Å²) < 4.78 is 7.18. The number of hydrazine groups is 1. The molecule has 8 heteroatoms. The number of nitrogens with two attached hydrogens (primary N) is 1. The maximum absolute atomic E-state index is 13.1. The highest BCUT2D eigenvalue weighted by Gasteiger charge is 2.26. The summed E-state index contributed by atoms with van der Waals surface area (Å²) >= 11 is 12.0. The van der Waals surface area contributed by atoms with Crippen LogP contribution in [0.2, 0.25) is 10.0 Å². The molecule has 3 aromatic rings. The lowest BCUT2D eigenvalue weighted by Crippen LogP contribution is -2.32. The molecule has 1 heterocycles. The first-order chi connectivity index (χ1) is 12.8. The lowest BCUT2D eigenvalue weighted by atomic mass is 10.1. The first-order valence-corrected chi connectivity index (χ1v) is 8.87. The quantitative estimate of drug-likeness (QED) is 0.390. The summed E-state index contributed by atoms with van der Waals surface area (Å²) in [6.45, 7) is 3.30. The van der Waals surface area contributed by atoms with Gasteiger partial charge in [0.1, 0.15) is 5.75 Å². The van der Waals surface area contributed by atoms with Crippen LogP contribution in [-0.4, -0.2) is 22.5 Å². The lowest BCUT2D eigenvalue weighted by Gasteiger charge is -2.17. The Balaban J connectivity index is 2.02. The van der Waals surface area contributed by atoms with E-state index in [-0.39, 0.29) is 5.91 Å². The summed E-state index contributed by atoms with van der Waals surface area (Å²) in [4.78, 5) is 25.3. The van der Waals surface area contributed by atoms with Crippen LogP contribution in [0, 0.1) is 6.92 Å². The van der Waals surface area contributed by atoms with Gasteiger partial charge in [0, 0.05) is 16.1 Å². The molecule has 0 fully saturated rings. The number of hydrogen-bond acceptors (Lipinski definition) is 4. The number of nitrogen functional groups attached to an aromatic ring is 1. The molecular formula is C19H17Cl2N3O3. The predicted octanol–water partition coefficient (Wildman–Crippen LogP) is 3.97. The second kappa shape index (κ2) is 7.60. The molecule has 3 N–H and O–H groups in total. The third kappa shape index (κ3) is 3.51. The number of nitrogens with one attached hydrogen (secondary N) is 1. The maximum atomic E-state index is 13.1. The molecule has 0 radical (unpaired) electrons. The molecule has 0 aliphatic heterocycles. The number of para-hydroxylation sites is 1. The zero-order valence-corrected chi connectivity index (χ0v) is 16.1. The molecule has 1 aromatic heterocycles. The van der Waals surface area contributed by atoms with Crippen molar-refractivity contribution in [3.05, 3.63) is 63.8 Å². The minimum Gasteiger partial charge on any atom is -0.479 e. The van der Waals surface area contributed by atoms with Gasteiger partial charge in [-0.05, 0) is 38.1 Å². The largest absolute Gasteiger partial charge is 0.479 e. The van der Waals surface area contributed by atoms with Crippen molar-refractivity contribution in [2.24, 2.45) is 5.84 Å². The van der Waals surface area contributed by atoms with Gasteiger partial charge >= 0.3 is 0 Å². The normalized spacial score (nSPS) is 12.0. The number of carbonyl (C=O) groups is 2. The fourth-order valence-corrected chi connectivity index (χ4v) is 3.46. The Morgan fingerprint density at radius 3 is 2.56 bits per heavy atom. The Bertz CT molecular complexity index is 1050. The van der Waals surface area contributed by atoms with E-state index in [0.717, 1.165) is 0 Å². The monoisotopic (exact) mass is 405 g/mol. The van der Waals surface area contributed by atoms with E-state index in [1.807, 2.05) is 0 Å². The highest BCUT2D eigenvalue weighted by atomic mass is 35.5. The van der Waals surface area contributed by atoms with Crippen molar-refractivity contribution in [2.75, 3.05) is 0 Å². The van der Waals surface area contributed by atoms with Gasteiger partial charge in [-0.25, -0.2) is 5.84 Å². The van der Waals surface area contributed by atoms with E-state index in [4.69, 9.17) is 33.8 Å². The van der Waals surface area contributed by atoms with Crippen LogP contribution in [-0.2, 0) is 0 Å². The highest BCUT2D eigenvalue weighted by Crippen LogP contribution is 2.30. The second-order valence-corrected chi connectivity index (χ2v) is 6.80. The number of nitrogens with zero attached hydrogens (tertiary/aromatic N) is 1. The lowest BCUT2D eigenvalue weighted by molar-refractivity contribution is 0.0731. The zero-order chi connectivity index (χ0) is 19.7. The molecule has 0 aliphatic rings. The third-order valence-electron chi connectivity index (χ3n) is 4.24. The smallest absolute Gasteiger partial charge is 0.272 e. The van der Waals surface area contributed by atoms with E-state index in [2.05, 4.69) is 5.43 Å². The van der Waals surface area contributed by atoms with Gasteiger partial charge in [0.2, 0.25) is 0 Å². The van der Waals surface area contributed by atoms with Crippen LogP contribution in [0.5, 0.6) is 5.75 Å². The van der Waals surface area contributed by atoms with Crippen LogP contribution < -0.4 is 16.0 Å². The van der Waals surface area contributed by atoms with Crippen LogP contribution in [0.15, 0.2) is 42.5 Å². The number of amides is 1. The van der Waals surface area contributed by atoms with Gasteiger partial charge in [0.25, 0.3) is 11.8 Å². The molecule has 3 rings (SSSR count). The first-order valence-electron chi connectivity index (χ1n) is 8.12. The van der Waals surface area contributed by atoms with Gasteiger partial charge in [-0.1, -0.05) is 41.4 Å². The molecule has 0 saturated heterocycles. The summed E-state index contributed by atoms with van der Waals surface area (Å²) in [7, 11) is 0. The molecule has 140 valence electrons. The molecule has 0 aliphatic carbocycles. The van der Waals surface area contributed by atoms with Gasteiger partial charge in [0.05, 0.1) is 16.1 Å². The van der Waals surface area contributed by atoms with Crippen molar-refractivity contribution >= 4 is 45.9 Å². The molecule has 1 amide bonds. The van der Waals surface area contributed by atoms with Crippen molar-refractivity contribution in [1.82, 2.24) is 9.99 Å². The maximum Gasteiger partial charge on any atom is 0.272 e. The van der Waals surface area contributed by atoms with Crippen molar-refractivity contribution in [3.8, 4) is 5.75 Å². The summed E-state index contributed by atoms with van der Waals surface area (Å²) in [6, 6.07) is 11.9. The number of carbonyl (C=O) groups excluding carboxylic acids is 2. The standard InChI is InChI=1S/C19H17Cl2N3O3/c1-10-17(18(25)23-22)13-5-3-4-6-15(13)24(10)19(26)11(2)27-16-8-7-12(20)9-14(16)21/h3-9,11H,22H2,1-2H3,(H,23,25). The number of benzene rings is 2. The van der Waals surface area contributed by atoms with Crippen molar-refractivity contribution in [2.45, 2.75) is 20.0 Å². The number of aromatic nitrogens is 1. The van der Waals surface area contributed by atoms with Crippen LogP contribution in [0.25, 0.3) is 10.9 Å². The third-order valence-corrected chi connectivity index (χ3v) is 4.77. The number of rotatable bonds is 4. The molecule has 1 atom stereocenters. The van der Waals surface area contributed by atoms with Crippen LogP contribution in [0.1, 0.15) is 27.8 Å².